The molecule has 1 radical (unpaired) electrons. The van der Waals surface area contributed by atoms with Crippen LogP contribution in [0.25, 0.3) is 10.9 Å². The van der Waals surface area contributed by atoms with Crippen molar-refractivity contribution in [2.24, 2.45) is 0 Å². The Morgan fingerprint density at radius 1 is 1.40 bits per heavy atom. The summed E-state index contributed by atoms with van der Waals surface area (Å²) in [5.74, 6) is 0. The number of unbranched alkanes of at least 4 members (excludes halogenated alkanes) is 1. The van der Waals surface area contributed by atoms with E-state index in [0.29, 0.717) is 0 Å². The molecule has 2 nitrogen and oxygen atoms in total. The molecule has 0 saturated heterocycles. The predicted octanol–water partition coefficient (Wildman–Crippen LogP) is 2.52. The Morgan fingerprint density at radius 3 is 3.07 bits per heavy atom. The molecule has 2 heteroatoms. The molecule has 0 amide bonds. The van der Waals surface area contributed by atoms with Crippen molar-refractivity contribution >= 4 is 10.9 Å². The molecule has 1 aromatic heterocycles. The summed E-state index contributed by atoms with van der Waals surface area (Å²) in [6, 6.07) is 9.19. The zero-order valence-electron chi connectivity index (χ0n) is 9.03. The molecule has 0 unspecified atom stereocenters. The first-order valence-corrected chi connectivity index (χ1v) is 5.39. The van der Waals surface area contributed by atoms with Gasteiger partial charge < -0.3 is 9.67 Å². The summed E-state index contributed by atoms with van der Waals surface area (Å²) in [6.07, 6.45) is 4.08. The Labute approximate surface area is 90.2 Å². The maximum atomic E-state index is 8.75. The fourth-order valence-corrected chi connectivity index (χ4v) is 1.94. The van der Waals surface area contributed by atoms with Crippen LogP contribution in [0.1, 0.15) is 18.4 Å². The average molecular weight is 202 g/mol. The molecule has 0 bridgehead atoms. The van der Waals surface area contributed by atoms with E-state index in [2.05, 4.69) is 29.8 Å². The van der Waals surface area contributed by atoms with Crippen LogP contribution in [0.15, 0.2) is 24.4 Å². The molecule has 79 valence electrons. The van der Waals surface area contributed by atoms with Crippen LogP contribution in [0.4, 0.5) is 0 Å². The standard InChI is InChI=1S/C13H16NO/c1-11-10-14(8-4-5-9-15)13-7-3-2-6-12(11)13/h3,6-7,10,15H,4-5,8-9H2,1H3. The zero-order chi connectivity index (χ0) is 10.7. The van der Waals surface area contributed by atoms with Crippen molar-refractivity contribution in [3.05, 3.63) is 36.0 Å². The average Bonchev–Trinajstić information content (AvgIpc) is 2.58. The van der Waals surface area contributed by atoms with Crippen LogP contribution >= 0.6 is 0 Å². The smallest absolute Gasteiger partial charge is 0.0483 e. The summed E-state index contributed by atoms with van der Waals surface area (Å²) in [4.78, 5) is 0. The molecule has 0 aliphatic carbocycles. The maximum Gasteiger partial charge on any atom is 0.0483 e. The van der Waals surface area contributed by atoms with Crippen molar-refractivity contribution in [1.82, 2.24) is 4.57 Å². The Morgan fingerprint density at radius 2 is 2.27 bits per heavy atom. The summed E-state index contributed by atoms with van der Waals surface area (Å²) in [6.45, 7) is 3.39. The minimum Gasteiger partial charge on any atom is -0.396 e. The largest absolute Gasteiger partial charge is 0.396 e. The summed E-state index contributed by atoms with van der Waals surface area (Å²) in [5.41, 5.74) is 2.56. The van der Waals surface area contributed by atoms with Crippen LogP contribution in [0, 0.1) is 13.0 Å². The maximum absolute atomic E-state index is 8.75. The predicted molar refractivity (Wildman–Crippen MR) is 61.8 cm³/mol. The number of aliphatic hydroxyl groups excluding tert-OH is 1. The van der Waals surface area contributed by atoms with Gasteiger partial charge in [0.15, 0.2) is 0 Å². The first kappa shape index (κ1) is 10.2. The molecule has 15 heavy (non-hydrogen) atoms. The molecule has 1 aromatic carbocycles. The molecular weight excluding hydrogens is 186 g/mol. The van der Waals surface area contributed by atoms with Crippen molar-refractivity contribution in [2.75, 3.05) is 6.61 Å². The Balaban J connectivity index is 2.27. The fraction of sp³-hybridized carbons (Fsp3) is 0.385. The Hall–Kier alpha value is -1.28. The first-order valence-electron chi connectivity index (χ1n) is 5.39. The topological polar surface area (TPSA) is 25.2 Å². The molecule has 0 fully saturated rings. The summed E-state index contributed by atoms with van der Waals surface area (Å²) < 4.78 is 2.26. The summed E-state index contributed by atoms with van der Waals surface area (Å²) in [5, 5.41) is 10.0. The van der Waals surface area contributed by atoms with Gasteiger partial charge in [-0.05, 0) is 43.5 Å². The lowest BCUT2D eigenvalue weighted by Crippen LogP contribution is -1.97. The number of aliphatic hydroxyl groups is 1. The molecule has 0 saturated carbocycles. The van der Waals surface area contributed by atoms with Gasteiger partial charge in [0.1, 0.15) is 0 Å². The number of benzene rings is 1. The molecule has 0 aliphatic heterocycles. The number of fused-ring (bicyclic) bond motifs is 1. The fourth-order valence-electron chi connectivity index (χ4n) is 1.94. The Bertz CT molecular complexity index is 445. The van der Waals surface area contributed by atoms with Gasteiger partial charge in [-0.3, -0.25) is 0 Å². The van der Waals surface area contributed by atoms with Crippen molar-refractivity contribution in [3.63, 3.8) is 0 Å². The molecular formula is C13H16NO. The highest BCUT2D eigenvalue weighted by atomic mass is 16.2. The second-order valence-electron chi connectivity index (χ2n) is 3.88. The summed E-state index contributed by atoms with van der Waals surface area (Å²) in [7, 11) is 0. The van der Waals surface area contributed by atoms with Gasteiger partial charge in [0, 0.05) is 30.3 Å². The normalized spacial score (nSPS) is 11.1. The third kappa shape index (κ3) is 2.05. The number of hydrogen-bond acceptors (Lipinski definition) is 1. The molecule has 0 aliphatic rings. The molecule has 0 spiro atoms. The van der Waals surface area contributed by atoms with E-state index >= 15 is 0 Å². The molecule has 2 aromatic rings. The quantitative estimate of drug-likeness (QED) is 0.757. The molecule has 1 N–H and O–H groups in total. The molecule has 1 heterocycles. The summed E-state index contributed by atoms with van der Waals surface area (Å²) >= 11 is 0. The van der Waals surface area contributed by atoms with Gasteiger partial charge in [-0.2, -0.15) is 0 Å². The SMILES string of the molecule is Cc1cn(CCCCO)c2cc[c]cc12. The van der Waals surface area contributed by atoms with Crippen LogP contribution in [0.5, 0.6) is 0 Å². The lowest BCUT2D eigenvalue weighted by atomic mass is 10.2. The highest BCUT2D eigenvalue weighted by Crippen LogP contribution is 2.20. The van der Waals surface area contributed by atoms with Gasteiger partial charge in [0.25, 0.3) is 0 Å². The highest BCUT2D eigenvalue weighted by Gasteiger charge is 2.03. The lowest BCUT2D eigenvalue weighted by molar-refractivity contribution is 0.281. The van der Waals surface area contributed by atoms with E-state index in [-0.39, 0.29) is 6.61 Å². The van der Waals surface area contributed by atoms with Crippen LogP contribution < -0.4 is 0 Å². The Kier molecular flexibility index (Phi) is 3.07. The van der Waals surface area contributed by atoms with Crippen molar-refractivity contribution in [2.45, 2.75) is 26.3 Å². The van der Waals surface area contributed by atoms with E-state index in [1.54, 1.807) is 0 Å². The van der Waals surface area contributed by atoms with E-state index in [9.17, 15) is 0 Å². The minimum atomic E-state index is 0.284. The van der Waals surface area contributed by atoms with Gasteiger partial charge in [-0.25, -0.2) is 0 Å². The minimum absolute atomic E-state index is 0.284. The van der Waals surface area contributed by atoms with Gasteiger partial charge >= 0.3 is 0 Å². The third-order valence-electron chi connectivity index (χ3n) is 2.73. The highest BCUT2D eigenvalue weighted by molar-refractivity contribution is 5.83. The molecule has 2 rings (SSSR count). The number of nitrogens with zero attached hydrogens (tertiary/aromatic N) is 1. The van der Waals surface area contributed by atoms with Crippen LogP contribution in [0.3, 0.4) is 0 Å². The van der Waals surface area contributed by atoms with Gasteiger partial charge in [-0.1, -0.05) is 6.07 Å². The van der Waals surface area contributed by atoms with Crippen molar-refractivity contribution in [3.8, 4) is 0 Å². The van der Waals surface area contributed by atoms with Gasteiger partial charge in [0.05, 0.1) is 0 Å². The first-order chi connectivity index (χ1) is 7.33. The lowest BCUT2D eigenvalue weighted by Gasteiger charge is -2.03. The van der Waals surface area contributed by atoms with E-state index in [1.165, 1.54) is 16.5 Å². The van der Waals surface area contributed by atoms with Crippen LogP contribution in [-0.2, 0) is 6.54 Å². The van der Waals surface area contributed by atoms with Crippen LogP contribution in [0.2, 0.25) is 0 Å². The van der Waals surface area contributed by atoms with E-state index < -0.39 is 0 Å². The van der Waals surface area contributed by atoms with Crippen LogP contribution in [-0.4, -0.2) is 16.3 Å². The number of rotatable bonds is 4. The number of aryl methyl sites for hydroxylation is 2. The number of hydrogen-bond donors (Lipinski definition) is 1. The second-order valence-corrected chi connectivity index (χ2v) is 3.88. The van der Waals surface area contributed by atoms with E-state index in [4.69, 9.17) is 5.11 Å². The third-order valence-corrected chi connectivity index (χ3v) is 2.73. The van der Waals surface area contributed by atoms with Gasteiger partial charge in [-0.15, -0.1) is 0 Å². The van der Waals surface area contributed by atoms with Crippen molar-refractivity contribution < 1.29 is 5.11 Å². The zero-order valence-corrected chi connectivity index (χ0v) is 9.03. The van der Waals surface area contributed by atoms with Crippen molar-refractivity contribution in [1.29, 1.82) is 0 Å². The number of aromatic nitrogens is 1. The van der Waals surface area contributed by atoms with E-state index in [1.807, 2.05) is 12.1 Å². The second kappa shape index (κ2) is 4.49. The van der Waals surface area contributed by atoms with Gasteiger partial charge in [0.2, 0.25) is 0 Å². The van der Waals surface area contributed by atoms with E-state index in [0.717, 1.165) is 19.4 Å². The monoisotopic (exact) mass is 202 g/mol. The molecule has 0 atom stereocenters.